The maximum Gasteiger partial charge on any atom is 1.00 e. The van der Waals surface area contributed by atoms with E-state index in [1.54, 1.807) is 0 Å². The highest BCUT2D eigenvalue weighted by atomic mass is 32.1. The lowest BCUT2D eigenvalue weighted by Gasteiger charge is -0.345. The summed E-state index contributed by atoms with van der Waals surface area (Å²) in [6.45, 7) is 0. The zero-order valence-corrected chi connectivity index (χ0v) is 3.62. The van der Waals surface area contributed by atoms with Gasteiger partial charge in [-0.05, 0) is 0 Å². The van der Waals surface area contributed by atoms with Crippen molar-refractivity contribution in [2.24, 2.45) is 0 Å². The topological polar surface area (TPSA) is 105 Å². The maximum atomic E-state index is 0. The Kier molecular flexibility index (Phi) is 63300. The lowest BCUT2D eigenvalue weighted by molar-refractivity contribution is 2.13. The van der Waals surface area contributed by atoms with Crippen LogP contribution in [0.4, 0.5) is 0 Å². The zero-order chi connectivity index (χ0) is 0. The lowest BCUT2D eigenvalue weighted by Crippen LogP contribution is -0.482. The molecule has 4 heteroatoms. The highest BCUT2D eigenvalue weighted by molar-refractivity contribution is 7.59. The molecule has 0 aromatic rings. The smallest absolute Gasteiger partial charge is 0.344 e. The van der Waals surface area contributed by atoms with Crippen molar-refractivity contribution < 1.29 is 1.43 Å². The van der Waals surface area contributed by atoms with E-state index in [2.05, 4.69) is 0 Å². The summed E-state index contributed by atoms with van der Waals surface area (Å²) in [6.07, 6.45) is 0. The monoisotopic (exact) mass is 86.1 g/mol. The van der Waals surface area contributed by atoms with E-state index in [1.165, 1.54) is 0 Å². The van der Waals surface area contributed by atoms with Crippen molar-refractivity contribution in [3.05, 3.63) is 0 Å². The third-order valence-corrected chi connectivity index (χ3v) is 0. The Bertz CT molecular complexity index is 6.85. The van der Waals surface area contributed by atoms with E-state index in [-0.39, 0.29) is 33.4 Å². The molecule has 0 aliphatic heterocycles. The second kappa shape index (κ2) is 304. The van der Waals surface area contributed by atoms with Crippen LogP contribution in [-0.4, -0.2) is 0 Å². The fraction of sp³-hybridized carbons (Fsp3) is 0. The van der Waals surface area contributed by atoms with Gasteiger partial charge >= 0.3 is 1.43 Å². The van der Waals surface area contributed by atoms with Gasteiger partial charge in [0.25, 0.3) is 0 Å². The summed E-state index contributed by atoms with van der Waals surface area (Å²) in [6, 6.07) is 0. The molecule has 0 saturated carbocycles. The minimum Gasteiger partial charge on any atom is -0.344 e. The second-order valence-electron chi connectivity index (χ2n) is 0. The molecule has 32 valence electrons. The second-order valence-corrected chi connectivity index (χ2v) is 0. The molecule has 0 rings (SSSR count). The number of hydrogen-bond donors (Lipinski definition) is 3. The number of hydrogen-bond acceptors (Lipinski definition) is 3. The fourth-order valence-electron chi connectivity index (χ4n) is 0. The molecule has 3 nitrogen and oxygen atoms in total. The average Bonchev–Trinajstić information content (AvgIpc) is 0. The molecule has 0 aromatic heterocycles. The van der Waals surface area contributed by atoms with Crippen LogP contribution in [0, 0.1) is 0 Å². The van der Waals surface area contributed by atoms with Gasteiger partial charge in [-0.2, -0.15) is 13.5 Å². The molecule has 0 aliphatic rings. The SMILES string of the molecule is N.N.N.S.[H+]. The van der Waals surface area contributed by atoms with Crippen LogP contribution in [0.1, 0.15) is 1.43 Å². The van der Waals surface area contributed by atoms with Crippen molar-refractivity contribution in [2.75, 3.05) is 0 Å². The van der Waals surface area contributed by atoms with E-state index in [0.29, 0.717) is 0 Å². The molecule has 0 aliphatic carbocycles. The molecule has 0 saturated heterocycles. The van der Waals surface area contributed by atoms with Crippen molar-refractivity contribution in [2.45, 2.75) is 0 Å². The van der Waals surface area contributed by atoms with E-state index in [0.717, 1.165) is 0 Å². The molecule has 0 atom stereocenters. The maximum absolute atomic E-state index is 0. The first-order valence-electron chi connectivity index (χ1n) is 0. The molecule has 0 unspecified atom stereocenters. The van der Waals surface area contributed by atoms with Crippen molar-refractivity contribution in [3.63, 3.8) is 0 Å². The van der Waals surface area contributed by atoms with Crippen molar-refractivity contribution in [1.82, 2.24) is 18.5 Å². The van der Waals surface area contributed by atoms with Gasteiger partial charge in [0.2, 0.25) is 0 Å². The van der Waals surface area contributed by atoms with Crippen LogP contribution in [-0.2, 0) is 0 Å². The van der Waals surface area contributed by atoms with E-state index in [4.69, 9.17) is 0 Å². The Hall–Kier alpha value is 0.230. The summed E-state index contributed by atoms with van der Waals surface area (Å²) in [5, 5.41) is 0. The van der Waals surface area contributed by atoms with E-state index >= 15 is 0 Å². The molecular formula is H12N3S+. The minimum atomic E-state index is 0. The highest BCUT2D eigenvalue weighted by Gasteiger charge is -0.197. The molecule has 0 aromatic carbocycles. The molecule has 4 heavy (non-hydrogen) atoms. The molecular weight excluding hydrogens is 74.1 g/mol. The Morgan fingerprint density at radius 1 is 0.750 bits per heavy atom. The summed E-state index contributed by atoms with van der Waals surface area (Å²) in [7, 11) is 0. The third-order valence-electron chi connectivity index (χ3n) is 0. The Morgan fingerprint density at radius 2 is 0.750 bits per heavy atom. The van der Waals surface area contributed by atoms with Crippen molar-refractivity contribution >= 4 is 13.5 Å². The molecule has 0 heterocycles. The quantitative estimate of drug-likeness (QED) is 0.404. The summed E-state index contributed by atoms with van der Waals surface area (Å²) < 4.78 is 0. The molecule has 0 spiro atoms. The van der Waals surface area contributed by atoms with Gasteiger partial charge in [0.05, 0.1) is 0 Å². The predicted molar refractivity (Wildman–Crippen MR) is 26.6 cm³/mol. The van der Waals surface area contributed by atoms with Gasteiger partial charge in [-0.15, -0.1) is 0 Å². The first-order valence-corrected chi connectivity index (χ1v) is 0. The van der Waals surface area contributed by atoms with Gasteiger partial charge < -0.3 is 18.5 Å². The zero-order valence-electron chi connectivity index (χ0n) is 3.62. The van der Waals surface area contributed by atoms with Gasteiger partial charge in [0.1, 0.15) is 0 Å². The minimum absolute atomic E-state index is 0. The van der Waals surface area contributed by atoms with E-state index < -0.39 is 0 Å². The van der Waals surface area contributed by atoms with Crippen LogP contribution in [0.2, 0.25) is 0 Å². The van der Waals surface area contributed by atoms with Gasteiger partial charge in [0.15, 0.2) is 0 Å². The summed E-state index contributed by atoms with van der Waals surface area (Å²) in [4.78, 5) is 0. The predicted octanol–water partition coefficient (Wildman–Crippen LogP) is 0.711. The molecule has 9 N–H and O–H groups in total. The van der Waals surface area contributed by atoms with Gasteiger partial charge in [0, 0.05) is 0 Å². The van der Waals surface area contributed by atoms with Crippen LogP contribution < -0.4 is 18.5 Å². The van der Waals surface area contributed by atoms with Crippen LogP contribution in [0.5, 0.6) is 0 Å². The van der Waals surface area contributed by atoms with Gasteiger partial charge in [-0.3, -0.25) is 0 Å². The first-order chi connectivity index (χ1) is 0. The normalized spacial score (nSPS) is 0. The van der Waals surface area contributed by atoms with Crippen LogP contribution in [0.15, 0.2) is 0 Å². The summed E-state index contributed by atoms with van der Waals surface area (Å²) in [5.41, 5.74) is 0. The molecule has 0 radical (unpaired) electrons. The Balaban J connectivity index is 0. The van der Waals surface area contributed by atoms with Crippen LogP contribution in [0.25, 0.3) is 0 Å². The van der Waals surface area contributed by atoms with E-state index in [1.807, 2.05) is 0 Å². The summed E-state index contributed by atoms with van der Waals surface area (Å²) >= 11 is 0. The molecule has 0 amide bonds. The fourth-order valence-corrected chi connectivity index (χ4v) is 0. The largest absolute Gasteiger partial charge is 1.00 e. The van der Waals surface area contributed by atoms with E-state index in [9.17, 15) is 0 Å². The van der Waals surface area contributed by atoms with Crippen molar-refractivity contribution in [1.29, 1.82) is 0 Å². The Morgan fingerprint density at radius 3 is 0.750 bits per heavy atom. The average molecular weight is 86.2 g/mol. The summed E-state index contributed by atoms with van der Waals surface area (Å²) in [5.74, 6) is 0. The first kappa shape index (κ1) is 834. The van der Waals surface area contributed by atoms with Gasteiger partial charge in [-0.25, -0.2) is 0 Å². The van der Waals surface area contributed by atoms with Crippen LogP contribution in [0.3, 0.4) is 0 Å². The standard InChI is InChI=1S/3H3N.H2S/h3*1H3;1H2/p+1. The Labute approximate surface area is 34.5 Å². The third kappa shape index (κ3) is 63.8. The van der Waals surface area contributed by atoms with Crippen molar-refractivity contribution in [3.8, 4) is 0 Å². The van der Waals surface area contributed by atoms with Crippen LogP contribution >= 0.6 is 13.5 Å². The molecule has 0 bridgehead atoms. The van der Waals surface area contributed by atoms with Gasteiger partial charge in [-0.1, -0.05) is 0 Å². The highest BCUT2D eigenvalue weighted by Crippen LogP contribution is 0.648. The lowest BCUT2D eigenvalue weighted by atomic mass is 14.0. The number of rotatable bonds is 0. The molecule has 0 fully saturated rings.